The SMILES string of the molecule is CC(C)(C)N[C@H]1CC(c2ccccc2)(c2ccccc2)[C@H](O)[C@@H]1O. The average Bonchev–Trinajstić information content (AvgIpc) is 2.81. The molecule has 0 unspecified atom stereocenters. The van der Waals surface area contributed by atoms with E-state index < -0.39 is 17.6 Å². The van der Waals surface area contributed by atoms with E-state index in [2.05, 4.69) is 26.1 Å². The molecular weight excluding hydrogens is 298 g/mol. The summed E-state index contributed by atoms with van der Waals surface area (Å²) in [6.07, 6.45) is -1.02. The Labute approximate surface area is 144 Å². The number of hydrogen-bond acceptors (Lipinski definition) is 3. The topological polar surface area (TPSA) is 52.5 Å². The molecule has 2 aromatic rings. The van der Waals surface area contributed by atoms with Gasteiger partial charge < -0.3 is 15.5 Å². The first-order chi connectivity index (χ1) is 11.3. The second-order valence-corrected chi connectivity index (χ2v) is 7.84. The van der Waals surface area contributed by atoms with Crippen LogP contribution in [-0.2, 0) is 5.41 Å². The summed E-state index contributed by atoms with van der Waals surface area (Å²) in [5.74, 6) is 0. The summed E-state index contributed by atoms with van der Waals surface area (Å²) in [4.78, 5) is 0. The van der Waals surface area contributed by atoms with Crippen molar-refractivity contribution in [3.8, 4) is 0 Å². The van der Waals surface area contributed by atoms with E-state index in [0.717, 1.165) is 11.1 Å². The van der Waals surface area contributed by atoms with Crippen molar-refractivity contribution in [2.45, 2.75) is 56.4 Å². The molecule has 0 saturated heterocycles. The molecule has 0 amide bonds. The van der Waals surface area contributed by atoms with Crippen LogP contribution in [0.5, 0.6) is 0 Å². The van der Waals surface area contributed by atoms with Crippen LogP contribution in [0.2, 0.25) is 0 Å². The van der Waals surface area contributed by atoms with E-state index >= 15 is 0 Å². The van der Waals surface area contributed by atoms with Crippen LogP contribution in [0, 0.1) is 0 Å². The predicted octanol–water partition coefficient (Wildman–Crippen LogP) is 2.85. The van der Waals surface area contributed by atoms with Gasteiger partial charge in [-0.2, -0.15) is 0 Å². The van der Waals surface area contributed by atoms with E-state index in [-0.39, 0.29) is 11.6 Å². The van der Waals surface area contributed by atoms with E-state index in [1.54, 1.807) is 0 Å². The van der Waals surface area contributed by atoms with Gasteiger partial charge in [0.2, 0.25) is 0 Å². The zero-order valence-corrected chi connectivity index (χ0v) is 14.6. The third kappa shape index (κ3) is 3.00. The number of rotatable bonds is 3. The highest BCUT2D eigenvalue weighted by molar-refractivity contribution is 5.44. The minimum Gasteiger partial charge on any atom is -0.389 e. The Balaban J connectivity index is 2.10. The summed E-state index contributed by atoms with van der Waals surface area (Å²) in [6.45, 7) is 6.24. The van der Waals surface area contributed by atoms with E-state index in [0.29, 0.717) is 6.42 Å². The molecule has 24 heavy (non-hydrogen) atoms. The van der Waals surface area contributed by atoms with Crippen LogP contribution in [0.25, 0.3) is 0 Å². The summed E-state index contributed by atoms with van der Waals surface area (Å²) >= 11 is 0. The zero-order chi connectivity index (χ0) is 17.4. The molecule has 0 aromatic heterocycles. The predicted molar refractivity (Wildman–Crippen MR) is 97.0 cm³/mol. The minimum atomic E-state index is -0.859. The van der Waals surface area contributed by atoms with Gasteiger partial charge in [0.1, 0.15) is 0 Å². The van der Waals surface area contributed by atoms with Crippen LogP contribution in [0.15, 0.2) is 60.7 Å². The Morgan fingerprint density at radius 1 is 0.875 bits per heavy atom. The van der Waals surface area contributed by atoms with Gasteiger partial charge in [-0.05, 0) is 38.3 Å². The molecule has 1 fully saturated rings. The van der Waals surface area contributed by atoms with E-state index in [1.165, 1.54) is 0 Å². The summed E-state index contributed by atoms with van der Waals surface area (Å²) in [5, 5.41) is 25.3. The molecule has 0 bridgehead atoms. The Bertz CT molecular complexity index is 624. The minimum absolute atomic E-state index is 0.130. The highest BCUT2D eigenvalue weighted by atomic mass is 16.3. The lowest BCUT2D eigenvalue weighted by Crippen LogP contribution is -2.49. The van der Waals surface area contributed by atoms with E-state index in [4.69, 9.17) is 0 Å². The summed E-state index contributed by atoms with van der Waals surface area (Å²) in [6, 6.07) is 19.9. The van der Waals surface area contributed by atoms with Gasteiger partial charge in [0.05, 0.1) is 17.6 Å². The van der Waals surface area contributed by atoms with Crippen LogP contribution >= 0.6 is 0 Å². The zero-order valence-electron chi connectivity index (χ0n) is 14.6. The van der Waals surface area contributed by atoms with Gasteiger partial charge in [-0.15, -0.1) is 0 Å². The molecule has 0 spiro atoms. The molecular formula is C21H27NO2. The Morgan fingerprint density at radius 2 is 1.33 bits per heavy atom. The Kier molecular flexibility index (Phi) is 4.52. The number of hydrogen-bond donors (Lipinski definition) is 3. The van der Waals surface area contributed by atoms with Crippen LogP contribution in [0.4, 0.5) is 0 Å². The Morgan fingerprint density at radius 3 is 1.75 bits per heavy atom. The molecule has 3 nitrogen and oxygen atoms in total. The highest BCUT2D eigenvalue weighted by Crippen LogP contribution is 2.47. The van der Waals surface area contributed by atoms with Gasteiger partial charge >= 0.3 is 0 Å². The van der Waals surface area contributed by atoms with Crippen molar-refractivity contribution in [1.82, 2.24) is 5.32 Å². The molecule has 2 aromatic carbocycles. The fourth-order valence-corrected chi connectivity index (χ4v) is 4.01. The van der Waals surface area contributed by atoms with E-state index in [9.17, 15) is 10.2 Å². The van der Waals surface area contributed by atoms with Crippen LogP contribution in [0.1, 0.15) is 38.3 Å². The van der Waals surface area contributed by atoms with Gasteiger partial charge in [0.15, 0.2) is 0 Å². The first-order valence-corrected chi connectivity index (χ1v) is 8.59. The molecule has 0 radical (unpaired) electrons. The maximum atomic E-state index is 11.1. The molecule has 1 saturated carbocycles. The Hall–Kier alpha value is -1.68. The van der Waals surface area contributed by atoms with Gasteiger partial charge in [0.25, 0.3) is 0 Å². The first kappa shape index (κ1) is 17.2. The number of nitrogens with one attached hydrogen (secondary N) is 1. The van der Waals surface area contributed by atoms with Crippen molar-refractivity contribution in [3.63, 3.8) is 0 Å². The maximum absolute atomic E-state index is 11.1. The largest absolute Gasteiger partial charge is 0.389 e. The summed E-state index contributed by atoms with van der Waals surface area (Å²) in [7, 11) is 0. The van der Waals surface area contributed by atoms with Crippen LogP contribution in [-0.4, -0.2) is 34.0 Å². The van der Waals surface area contributed by atoms with Gasteiger partial charge in [-0.25, -0.2) is 0 Å². The second kappa shape index (κ2) is 6.32. The van der Waals surface area contributed by atoms with Crippen molar-refractivity contribution < 1.29 is 10.2 Å². The molecule has 3 heteroatoms. The summed E-state index contributed by atoms with van der Waals surface area (Å²) < 4.78 is 0. The molecule has 0 heterocycles. The van der Waals surface area contributed by atoms with Crippen LogP contribution in [0.3, 0.4) is 0 Å². The standard InChI is InChI=1S/C21H27NO2/c1-20(2,3)22-17-14-21(19(24)18(17)23,15-10-6-4-7-11-15)16-12-8-5-9-13-16/h4-13,17-19,22-24H,14H2,1-3H3/t17-,18+,19+/m0/s1. The fraction of sp³-hybridized carbons (Fsp3) is 0.429. The maximum Gasteiger partial charge on any atom is 0.0964 e. The number of benzene rings is 2. The van der Waals surface area contributed by atoms with Crippen LogP contribution < -0.4 is 5.32 Å². The monoisotopic (exact) mass is 325 g/mol. The lowest BCUT2D eigenvalue weighted by Gasteiger charge is -2.34. The molecule has 128 valence electrons. The quantitative estimate of drug-likeness (QED) is 0.813. The number of aliphatic hydroxyl groups is 2. The van der Waals surface area contributed by atoms with Crippen molar-refractivity contribution in [2.75, 3.05) is 0 Å². The molecule has 0 aliphatic heterocycles. The van der Waals surface area contributed by atoms with Crippen molar-refractivity contribution in [3.05, 3.63) is 71.8 Å². The molecule has 3 N–H and O–H groups in total. The highest BCUT2D eigenvalue weighted by Gasteiger charge is 2.54. The third-order valence-corrected chi connectivity index (χ3v) is 4.98. The van der Waals surface area contributed by atoms with Gasteiger partial charge in [-0.1, -0.05) is 60.7 Å². The van der Waals surface area contributed by atoms with Gasteiger partial charge in [-0.3, -0.25) is 0 Å². The normalized spacial score (nSPS) is 26.5. The van der Waals surface area contributed by atoms with Crippen molar-refractivity contribution >= 4 is 0 Å². The lowest BCUT2D eigenvalue weighted by molar-refractivity contribution is 0.00617. The fourth-order valence-electron chi connectivity index (χ4n) is 4.01. The molecule has 3 rings (SSSR count). The smallest absolute Gasteiger partial charge is 0.0964 e. The summed E-state index contributed by atoms with van der Waals surface area (Å²) in [5.41, 5.74) is 1.35. The lowest BCUT2D eigenvalue weighted by atomic mass is 9.71. The average molecular weight is 325 g/mol. The van der Waals surface area contributed by atoms with Gasteiger partial charge in [0, 0.05) is 11.6 Å². The second-order valence-electron chi connectivity index (χ2n) is 7.84. The molecule has 1 aliphatic rings. The third-order valence-electron chi connectivity index (χ3n) is 4.98. The van der Waals surface area contributed by atoms with Crippen molar-refractivity contribution in [2.24, 2.45) is 0 Å². The first-order valence-electron chi connectivity index (χ1n) is 8.59. The van der Waals surface area contributed by atoms with Crippen molar-refractivity contribution in [1.29, 1.82) is 0 Å². The van der Waals surface area contributed by atoms with E-state index in [1.807, 2.05) is 60.7 Å². The molecule has 1 aliphatic carbocycles. The number of aliphatic hydroxyl groups excluding tert-OH is 2. The molecule has 3 atom stereocenters.